The van der Waals surface area contributed by atoms with Crippen molar-refractivity contribution in [3.63, 3.8) is 0 Å². The van der Waals surface area contributed by atoms with Crippen molar-refractivity contribution in [2.45, 2.75) is 12.3 Å². The molecule has 20 heavy (non-hydrogen) atoms. The number of aromatic nitrogens is 4. The van der Waals surface area contributed by atoms with Gasteiger partial charge in [0, 0.05) is 24.9 Å². The molecule has 4 heterocycles. The first-order chi connectivity index (χ1) is 9.93. The second-order valence-electron chi connectivity index (χ2n) is 5.03. The van der Waals surface area contributed by atoms with Gasteiger partial charge in [0.1, 0.15) is 17.2 Å². The second-order valence-corrected chi connectivity index (χ2v) is 5.03. The number of hydrogen-bond donors (Lipinski definition) is 1. The van der Waals surface area contributed by atoms with E-state index in [2.05, 4.69) is 19.9 Å². The first-order valence-electron chi connectivity index (χ1n) is 6.89. The van der Waals surface area contributed by atoms with Crippen LogP contribution in [0.15, 0.2) is 42.7 Å². The fourth-order valence-corrected chi connectivity index (χ4v) is 2.79. The Morgan fingerprint density at radius 1 is 1.10 bits per heavy atom. The maximum atomic E-state index is 4.79. The quantitative estimate of drug-likeness (QED) is 0.769. The molecule has 4 rings (SSSR count). The second kappa shape index (κ2) is 4.68. The lowest BCUT2D eigenvalue weighted by molar-refractivity contribution is 0.686. The van der Waals surface area contributed by atoms with Gasteiger partial charge in [0.2, 0.25) is 0 Å². The first-order valence-corrected chi connectivity index (χ1v) is 6.89. The summed E-state index contributed by atoms with van der Waals surface area (Å²) in [6.07, 6.45) is 4.72. The van der Waals surface area contributed by atoms with Gasteiger partial charge in [-0.05, 0) is 37.2 Å². The zero-order valence-corrected chi connectivity index (χ0v) is 11.0. The van der Waals surface area contributed by atoms with Crippen molar-refractivity contribution in [2.75, 3.05) is 13.1 Å². The lowest BCUT2D eigenvalue weighted by Gasteiger charge is -2.11. The monoisotopic (exact) mass is 265 g/mol. The van der Waals surface area contributed by atoms with Gasteiger partial charge in [-0.25, -0.2) is 15.0 Å². The van der Waals surface area contributed by atoms with Gasteiger partial charge in [0.15, 0.2) is 5.65 Å². The van der Waals surface area contributed by atoms with Crippen LogP contribution >= 0.6 is 0 Å². The van der Waals surface area contributed by atoms with E-state index in [-0.39, 0.29) is 0 Å². The van der Waals surface area contributed by atoms with Gasteiger partial charge < -0.3 is 5.32 Å². The Bertz CT molecular complexity index is 728. The summed E-state index contributed by atoms with van der Waals surface area (Å²) in [6.45, 7) is 2.01. The van der Waals surface area contributed by atoms with E-state index < -0.39 is 0 Å². The molecule has 5 nitrogen and oxygen atoms in total. The first kappa shape index (κ1) is 11.5. The van der Waals surface area contributed by atoms with Gasteiger partial charge in [-0.2, -0.15) is 0 Å². The molecule has 100 valence electrons. The smallest absolute Gasteiger partial charge is 0.165 e. The van der Waals surface area contributed by atoms with Gasteiger partial charge in [0.05, 0.1) is 0 Å². The van der Waals surface area contributed by atoms with Gasteiger partial charge >= 0.3 is 0 Å². The molecule has 0 spiro atoms. The van der Waals surface area contributed by atoms with Crippen molar-refractivity contribution >= 4 is 11.2 Å². The summed E-state index contributed by atoms with van der Waals surface area (Å²) in [5, 5.41) is 3.40. The van der Waals surface area contributed by atoms with Crippen molar-refractivity contribution in [1.82, 2.24) is 24.8 Å². The number of pyridine rings is 2. The summed E-state index contributed by atoms with van der Waals surface area (Å²) in [4.78, 5) is 13.7. The summed E-state index contributed by atoms with van der Waals surface area (Å²) >= 11 is 0. The van der Waals surface area contributed by atoms with Crippen LogP contribution in [0.3, 0.4) is 0 Å². The normalized spacial score (nSPS) is 18.7. The molecule has 0 aliphatic carbocycles. The largest absolute Gasteiger partial charge is 0.316 e. The molecule has 1 N–H and O–H groups in total. The highest BCUT2D eigenvalue weighted by atomic mass is 15.2. The lowest BCUT2D eigenvalue weighted by atomic mass is 10.1. The molecule has 1 unspecified atom stereocenters. The van der Waals surface area contributed by atoms with Crippen LogP contribution in [-0.4, -0.2) is 32.6 Å². The third kappa shape index (κ3) is 1.78. The fourth-order valence-electron chi connectivity index (χ4n) is 2.79. The van der Waals surface area contributed by atoms with Gasteiger partial charge in [-0.1, -0.05) is 6.07 Å². The molecule has 0 aromatic carbocycles. The molecule has 1 fully saturated rings. The highest BCUT2D eigenvalue weighted by Gasteiger charge is 2.24. The summed E-state index contributed by atoms with van der Waals surface area (Å²) in [6, 6.07) is 9.85. The predicted octanol–water partition coefficient (Wildman–Crippen LogP) is 1.89. The van der Waals surface area contributed by atoms with Gasteiger partial charge in [-0.3, -0.25) is 4.57 Å². The van der Waals surface area contributed by atoms with Crippen molar-refractivity contribution in [1.29, 1.82) is 0 Å². The third-order valence-corrected chi connectivity index (χ3v) is 3.75. The number of nitrogens with one attached hydrogen (secondary N) is 1. The maximum absolute atomic E-state index is 4.79. The van der Waals surface area contributed by atoms with Crippen molar-refractivity contribution in [3.8, 4) is 5.82 Å². The van der Waals surface area contributed by atoms with Crippen LogP contribution in [0, 0.1) is 0 Å². The molecule has 0 saturated carbocycles. The zero-order chi connectivity index (χ0) is 13.4. The number of rotatable bonds is 2. The summed E-state index contributed by atoms with van der Waals surface area (Å²) < 4.78 is 2.09. The Morgan fingerprint density at radius 3 is 2.85 bits per heavy atom. The van der Waals surface area contributed by atoms with E-state index in [0.29, 0.717) is 5.92 Å². The van der Waals surface area contributed by atoms with Crippen molar-refractivity contribution in [2.24, 2.45) is 0 Å². The highest BCUT2D eigenvalue weighted by molar-refractivity contribution is 5.73. The van der Waals surface area contributed by atoms with E-state index in [1.165, 1.54) is 0 Å². The van der Waals surface area contributed by atoms with E-state index in [9.17, 15) is 0 Å². The van der Waals surface area contributed by atoms with Crippen LogP contribution in [0.2, 0.25) is 0 Å². The maximum Gasteiger partial charge on any atom is 0.165 e. The van der Waals surface area contributed by atoms with Crippen molar-refractivity contribution in [3.05, 3.63) is 48.5 Å². The number of hydrogen-bond acceptors (Lipinski definition) is 4. The topological polar surface area (TPSA) is 55.6 Å². The molecule has 5 heteroatoms. The molecule has 1 saturated heterocycles. The van der Waals surface area contributed by atoms with E-state index in [4.69, 9.17) is 4.98 Å². The van der Waals surface area contributed by atoms with Crippen LogP contribution in [0.5, 0.6) is 0 Å². The molecule has 0 amide bonds. The molecule has 3 aromatic heterocycles. The minimum Gasteiger partial charge on any atom is -0.316 e. The Hall–Kier alpha value is -2.27. The highest BCUT2D eigenvalue weighted by Crippen LogP contribution is 2.27. The zero-order valence-electron chi connectivity index (χ0n) is 11.0. The van der Waals surface area contributed by atoms with Crippen LogP contribution in [-0.2, 0) is 0 Å². The Balaban J connectivity index is 1.98. The van der Waals surface area contributed by atoms with Gasteiger partial charge in [0.25, 0.3) is 0 Å². The number of fused-ring (bicyclic) bond motifs is 1. The molecular weight excluding hydrogens is 250 g/mol. The Labute approximate surface area is 116 Å². The number of imidazole rings is 1. The van der Waals surface area contributed by atoms with E-state index >= 15 is 0 Å². The summed E-state index contributed by atoms with van der Waals surface area (Å²) in [5.74, 6) is 2.37. The van der Waals surface area contributed by atoms with Crippen LogP contribution in [0.4, 0.5) is 0 Å². The molecule has 1 atom stereocenters. The average molecular weight is 265 g/mol. The van der Waals surface area contributed by atoms with Gasteiger partial charge in [-0.15, -0.1) is 0 Å². The van der Waals surface area contributed by atoms with E-state index in [1.54, 1.807) is 12.4 Å². The summed E-state index contributed by atoms with van der Waals surface area (Å²) in [7, 11) is 0. The predicted molar refractivity (Wildman–Crippen MR) is 76.9 cm³/mol. The van der Waals surface area contributed by atoms with E-state index in [1.807, 2.05) is 30.3 Å². The molecule has 0 bridgehead atoms. The fraction of sp³-hybridized carbons (Fsp3) is 0.267. The molecule has 0 radical (unpaired) electrons. The Morgan fingerprint density at radius 2 is 2.05 bits per heavy atom. The van der Waals surface area contributed by atoms with Crippen LogP contribution < -0.4 is 5.32 Å². The number of nitrogens with zero attached hydrogens (tertiary/aromatic N) is 4. The third-order valence-electron chi connectivity index (χ3n) is 3.75. The van der Waals surface area contributed by atoms with Crippen LogP contribution in [0.1, 0.15) is 18.2 Å². The molecular formula is C15H15N5. The molecule has 1 aliphatic heterocycles. The Kier molecular flexibility index (Phi) is 2.70. The molecule has 1 aliphatic rings. The SMILES string of the molecule is c1ccc(-n2c(C3CCNC3)nc3cccnc32)nc1. The van der Waals surface area contributed by atoms with E-state index in [0.717, 1.165) is 42.3 Å². The average Bonchev–Trinajstić information content (AvgIpc) is 3.15. The lowest BCUT2D eigenvalue weighted by Crippen LogP contribution is -2.12. The van der Waals surface area contributed by atoms with Crippen LogP contribution in [0.25, 0.3) is 17.0 Å². The minimum absolute atomic E-state index is 0.422. The van der Waals surface area contributed by atoms with Crippen molar-refractivity contribution < 1.29 is 0 Å². The standard InChI is InChI=1S/C15H15N5/c1-2-7-17-13(5-1)20-14(11-6-9-16-10-11)19-12-4-3-8-18-15(12)20/h1-5,7-8,11,16H,6,9-10H2. The minimum atomic E-state index is 0.422. The molecule has 3 aromatic rings. The summed E-state index contributed by atoms with van der Waals surface area (Å²) in [5.41, 5.74) is 1.81.